The zero-order chi connectivity index (χ0) is 17.1. The maximum absolute atomic E-state index is 5.67. The number of nitrogens with one attached hydrogen (secondary N) is 1. The van der Waals surface area contributed by atoms with E-state index in [1.54, 1.807) is 0 Å². The molecule has 0 bridgehead atoms. The minimum absolute atomic E-state index is 0.0262. The lowest BCUT2D eigenvalue weighted by Crippen LogP contribution is -2.32. The van der Waals surface area contributed by atoms with E-state index in [-0.39, 0.29) is 6.04 Å². The summed E-state index contributed by atoms with van der Waals surface area (Å²) in [5.74, 6) is 3.35. The zero-order valence-corrected chi connectivity index (χ0v) is 14.4. The van der Waals surface area contributed by atoms with Crippen molar-refractivity contribution in [3.05, 3.63) is 35.5 Å². The van der Waals surface area contributed by atoms with Crippen molar-refractivity contribution in [1.29, 1.82) is 0 Å². The van der Waals surface area contributed by atoms with Gasteiger partial charge in [-0.2, -0.15) is 4.98 Å². The molecule has 134 valence electrons. The lowest BCUT2D eigenvalue weighted by Gasteiger charge is -2.29. The third kappa shape index (κ3) is 3.77. The molecule has 2 aromatic rings. The van der Waals surface area contributed by atoms with Gasteiger partial charge < -0.3 is 24.1 Å². The molecule has 0 amide bonds. The van der Waals surface area contributed by atoms with E-state index >= 15 is 0 Å². The summed E-state index contributed by atoms with van der Waals surface area (Å²) in [5, 5.41) is 7.55. The maximum atomic E-state index is 5.67. The third-order valence-corrected chi connectivity index (χ3v) is 4.68. The third-order valence-electron chi connectivity index (χ3n) is 4.68. The van der Waals surface area contributed by atoms with Crippen LogP contribution in [-0.4, -0.2) is 36.6 Å². The van der Waals surface area contributed by atoms with Gasteiger partial charge in [-0.3, -0.25) is 0 Å². The van der Waals surface area contributed by atoms with Gasteiger partial charge in [-0.15, -0.1) is 0 Å². The minimum Gasteiger partial charge on any atom is -0.486 e. The summed E-state index contributed by atoms with van der Waals surface area (Å²) in [6.07, 6.45) is 1.97. The van der Waals surface area contributed by atoms with Crippen molar-refractivity contribution in [3.8, 4) is 11.5 Å². The van der Waals surface area contributed by atoms with Crippen molar-refractivity contribution in [2.75, 3.05) is 26.4 Å². The normalized spacial score (nSPS) is 18.9. The van der Waals surface area contributed by atoms with E-state index in [4.69, 9.17) is 18.7 Å². The second kappa shape index (κ2) is 7.41. The van der Waals surface area contributed by atoms with Gasteiger partial charge >= 0.3 is 0 Å². The van der Waals surface area contributed by atoms with Crippen molar-refractivity contribution >= 4 is 0 Å². The van der Waals surface area contributed by atoms with Crippen molar-refractivity contribution in [2.24, 2.45) is 5.92 Å². The van der Waals surface area contributed by atoms with E-state index in [9.17, 15) is 0 Å². The summed E-state index contributed by atoms with van der Waals surface area (Å²) in [7, 11) is 0. The van der Waals surface area contributed by atoms with E-state index in [0.29, 0.717) is 37.4 Å². The van der Waals surface area contributed by atoms with Crippen molar-refractivity contribution < 1.29 is 18.7 Å². The molecule has 1 fully saturated rings. The number of nitrogens with zero attached hydrogens (tertiary/aromatic N) is 2. The Hall–Kier alpha value is -2.12. The lowest BCUT2D eigenvalue weighted by molar-refractivity contribution is 0.0485. The molecule has 1 unspecified atom stereocenters. The quantitative estimate of drug-likeness (QED) is 0.891. The van der Waals surface area contributed by atoms with Crippen LogP contribution in [0, 0.1) is 12.8 Å². The molecule has 1 atom stereocenters. The van der Waals surface area contributed by atoms with Crippen LogP contribution in [0.2, 0.25) is 0 Å². The SMILES string of the molecule is Cc1noc(C(NCc2ccc3c(c2)OCCO3)C2CCOCC2)n1. The monoisotopic (exact) mass is 345 g/mol. The summed E-state index contributed by atoms with van der Waals surface area (Å²) in [5.41, 5.74) is 1.14. The molecule has 25 heavy (non-hydrogen) atoms. The number of benzene rings is 1. The molecule has 1 aromatic heterocycles. The highest BCUT2D eigenvalue weighted by atomic mass is 16.6. The predicted molar refractivity (Wildman–Crippen MR) is 89.6 cm³/mol. The lowest BCUT2D eigenvalue weighted by atomic mass is 9.91. The molecular weight excluding hydrogens is 322 g/mol. The van der Waals surface area contributed by atoms with Gasteiger partial charge in [0.1, 0.15) is 13.2 Å². The molecule has 3 heterocycles. The van der Waals surface area contributed by atoms with Gasteiger partial charge in [-0.25, -0.2) is 0 Å². The largest absolute Gasteiger partial charge is 0.486 e. The molecule has 0 radical (unpaired) electrons. The van der Waals surface area contributed by atoms with Crippen LogP contribution in [0.1, 0.15) is 36.2 Å². The first-order chi connectivity index (χ1) is 12.3. The second-order valence-corrected chi connectivity index (χ2v) is 6.47. The van der Waals surface area contributed by atoms with Crippen molar-refractivity contribution in [1.82, 2.24) is 15.5 Å². The molecular formula is C18H23N3O4. The average molecular weight is 345 g/mol. The zero-order valence-electron chi connectivity index (χ0n) is 14.4. The van der Waals surface area contributed by atoms with Crippen LogP contribution in [0.5, 0.6) is 11.5 Å². The molecule has 4 rings (SSSR count). The van der Waals surface area contributed by atoms with Crippen LogP contribution in [-0.2, 0) is 11.3 Å². The molecule has 1 saturated heterocycles. The highest BCUT2D eigenvalue weighted by Crippen LogP contribution is 2.32. The van der Waals surface area contributed by atoms with E-state index < -0.39 is 0 Å². The van der Waals surface area contributed by atoms with Crippen LogP contribution in [0.15, 0.2) is 22.7 Å². The number of aromatic nitrogens is 2. The summed E-state index contributed by atoms with van der Waals surface area (Å²) < 4.78 is 22.2. The standard InChI is InChI=1S/C18H23N3O4/c1-12-20-18(25-21-12)17(14-4-6-22-7-5-14)19-11-13-2-3-15-16(10-13)24-9-8-23-15/h2-3,10,14,17,19H,4-9,11H2,1H3. The first-order valence-electron chi connectivity index (χ1n) is 8.79. The fourth-order valence-electron chi connectivity index (χ4n) is 3.37. The van der Waals surface area contributed by atoms with Crippen LogP contribution in [0.3, 0.4) is 0 Å². The second-order valence-electron chi connectivity index (χ2n) is 6.47. The van der Waals surface area contributed by atoms with Gasteiger partial charge in [-0.1, -0.05) is 11.2 Å². The Balaban J connectivity index is 1.48. The summed E-state index contributed by atoms with van der Waals surface area (Å²) >= 11 is 0. The number of hydrogen-bond acceptors (Lipinski definition) is 7. The number of rotatable bonds is 5. The Labute approximate surface area is 146 Å². The van der Waals surface area contributed by atoms with E-state index in [2.05, 4.69) is 21.5 Å². The average Bonchev–Trinajstić information content (AvgIpc) is 3.09. The molecule has 1 aromatic carbocycles. The molecule has 2 aliphatic heterocycles. The Bertz CT molecular complexity index is 712. The van der Waals surface area contributed by atoms with Gasteiger partial charge in [0.25, 0.3) is 0 Å². The fraction of sp³-hybridized carbons (Fsp3) is 0.556. The molecule has 0 saturated carbocycles. The van der Waals surface area contributed by atoms with E-state index in [0.717, 1.165) is 43.1 Å². The summed E-state index contributed by atoms with van der Waals surface area (Å²) in [6, 6.07) is 6.08. The van der Waals surface area contributed by atoms with Gasteiger partial charge in [0.05, 0.1) is 6.04 Å². The van der Waals surface area contributed by atoms with Crippen LogP contribution in [0.25, 0.3) is 0 Å². The topological polar surface area (TPSA) is 78.6 Å². The van der Waals surface area contributed by atoms with Crippen LogP contribution in [0.4, 0.5) is 0 Å². The maximum Gasteiger partial charge on any atom is 0.244 e. The molecule has 2 aliphatic rings. The number of hydrogen-bond donors (Lipinski definition) is 1. The molecule has 0 aliphatic carbocycles. The predicted octanol–water partition coefficient (Wildman–Crippen LogP) is 2.41. The number of ether oxygens (including phenoxy) is 3. The van der Waals surface area contributed by atoms with Gasteiger partial charge in [0.2, 0.25) is 5.89 Å². The summed E-state index contributed by atoms with van der Waals surface area (Å²) in [6.45, 7) is 5.29. The highest BCUT2D eigenvalue weighted by Gasteiger charge is 2.29. The molecule has 7 heteroatoms. The Morgan fingerprint density at radius 1 is 1.12 bits per heavy atom. The minimum atomic E-state index is 0.0262. The van der Waals surface area contributed by atoms with E-state index in [1.807, 2.05) is 19.1 Å². The van der Waals surface area contributed by atoms with Crippen LogP contribution < -0.4 is 14.8 Å². The van der Waals surface area contributed by atoms with Crippen molar-refractivity contribution in [3.63, 3.8) is 0 Å². The Kier molecular flexibility index (Phi) is 4.85. The van der Waals surface area contributed by atoms with Gasteiger partial charge in [-0.05, 0) is 43.4 Å². The first kappa shape index (κ1) is 16.4. The molecule has 7 nitrogen and oxygen atoms in total. The van der Waals surface area contributed by atoms with E-state index in [1.165, 1.54) is 0 Å². The summed E-state index contributed by atoms with van der Waals surface area (Å²) in [4.78, 5) is 4.44. The number of fused-ring (bicyclic) bond motifs is 1. The Morgan fingerprint density at radius 2 is 1.92 bits per heavy atom. The molecule has 0 spiro atoms. The van der Waals surface area contributed by atoms with Gasteiger partial charge in [0.15, 0.2) is 17.3 Å². The smallest absolute Gasteiger partial charge is 0.244 e. The Morgan fingerprint density at radius 3 is 2.68 bits per heavy atom. The highest BCUT2D eigenvalue weighted by molar-refractivity contribution is 5.43. The first-order valence-corrected chi connectivity index (χ1v) is 8.79. The fourth-order valence-corrected chi connectivity index (χ4v) is 3.37. The van der Waals surface area contributed by atoms with Crippen LogP contribution >= 0.6 is 0 Å². The van der Waals surface area contributed by atoms with Crippen molar-refractivity contribution in [2.45, 2.75) is 32.4 Å². The van der Waals surface area contributed by atoms with Gasteiger partial charge in [0, 0.05) is 19.8 Å². The molecule has 1 N–H and O–H groups in total. The number of aryl methyl sites for hydroxylation is 1.